The quantitative estimate of drug-likeness (QED) is 0.802. The van der Waals surface area contributed by atoms with Gasteiger partial charge in [0.15, 0.2) is 11.6 Å². The molecule has 0 saturated carbocycles. The smallest absolute Gasteiger partial charge is 0.224 e. The van der Waals surface area contributed by atoms with Gasteiger partial charge in [0.05, 0.1) is 12.8 Å². The average molecular weight is 341 g/mol. The predicted molar refractivity (Wildman–Crippen MR) is 96.6 cm³/mol. The molecular weight excluding hydrogens is 318 g/mol. The summed E-state index contributed by atoms with van der Waals surface area (Å²) in [5, 5.41) is 2.81. The fourth-order valence-electron chi connectivity index (χ4n) is 2.84. The molecule has 1 aliphatic rings. The maximum absolute atomic E-state index is 12.4. The summed E-state index contributed by atoms with van der Waals surface area (Å²) >= 11 is 0. The lowest BCUT2D eigenvalue weighted by molar-refractivity contribution is -0.117. The standard InChI is InChI=1S/C20H23NO4/c1-12-13(2)20(24)15(14(3)19(12)23)8-7-11-18(22)21-16-9-5-6-10-17(16)25-4/h5-6,9-10H,7-8,11H2,1-4H3,(H,21,22). The zero-order valence-corrected chi connectivity index (χ0v) is 15.1. The Balaban J connectivity index is 1.95. The molecule has 0 heterocycles. The zero-order chi connectivity index (χ0) is 18.6. The van der Waals surface area contributed by atoms with Gasteiger partial charge in [-0.2, -0.15) is 0 Å². The van der Waals surface area contributed by atoms with Crippen LogP contribution >= 0.6 is 0 Å². The molecule has 0 saturated heterocycles. The summed E-state index contributed by atoms with van der Waals surface area (Å²) in [5.74, 6) is 0.282. The molecule has 0 atom stereocenters. The second-order valence-corrected chi connectivity index (χ2v) is 6.11. The number of Topliss-reactive ketones (excluding diaryl/α,β-unsaturated/α-hetero) is 2. The normalized spacial score (nSPS) is 14.9. The Morgan fingerprint density at radius 1 is 1.00 bits per heavy atom. The molecule has 0 aromatic heterocycles. The van der Waals surface area contributed by atoms with Gasteiger partial charge in [0.2, 0.25) is 5.91 Å². The number of amides is 1. The van der Waals surface area contributed by atoms with Crippen LogP contribution in [-0.2, 0) is 14.4 Å². The van der Waals surface area contributed by atoms with Gasteiger partial charge in [0, 0.05) is 28.7 Å². The maximum atomic E-state index is 12.4. The number of allylic oxidation sites excluding steroid dienone is 4. The Morgan fingerprint density at radius 2 is 1.64 bits per heavy atom. The lowest BCUT2D eigenvalue weighted by Crippen LogP contribution is -2.21. The Hall–Kier alpha value is -2.69. The van der Waals surface area contributed by atoms with Crippen LogP contribution in [0.5, 0.6) is 5.75 Å². The number of para-hydroxylation sites is 2. The summed E-state index contributed by atoms with van der Waals surface area (Å²) in [7, 11) is 1.55. The summed E-state index contributed by atoms with van der Waals surface area (Å²) in [5.41, 5.74) is 2.66. The largest absolute Gasteiger partial charge is 0.495 e. The van der Waals surface area contributed by atoms with E-state index in [0.717, 1.165) is 0 Å². The van der Waals surface area contributed by atoms with E-state index < -0.39 is 0 Å². The van der Waals surface area contributed by atoms with Gasteiger partial charge >= 0.3 is 0 Å². The first-order valence-electron chi connectivity index (χ1n) is 8.26. The highest BCUT2D eigenvalue weighted by atomic mass is 16.5. The molecule has 0 unspecified atom stereocenters. The lowest BCUT2D eigenvalue weighted by Gasteiger charge is -2.18. The molecule has 5 nitrogen and oxygen atoms in total. The van der Waals surface area contributed by atoms with Crippen LogP contribution in [0.3, 0.4) is 0 Å². The summed E-state index contributed by atoms with van der Waals surface area (Å²) in [6.07, 6.45) is 1.18. The van der Waals surface area contributed by atoms with Crippen molar-refractivity contribution in [1.29, 1.82) is 0 Å². The van der Waals surface area contributed by atoms with E-state index in [9.17, 15) is 14.4 Å². The van der Waals surface area contributed by atoms with E-state index in [4.69, 9.17) is 4.74 Å². The first kappa shape index (κ1) is 18.6. The highest BCUT2D eigenvalue weighted by Gasteiger charge is 2.27. The van der Waals surface area contributed by atoms with Gasteiger partial charge in [-0.15, -0.1) is 0 Å². The van der Waals surface area contributed by atoms with Crippen LogP contribution in [0.4, 0.5) is 5.69 Å². The zero-order valence-electron chi connectivity index (χ0n) is 15.1. The highest BCUT2D eigenvalue weighted by molar-refractivity contribution is 6.24. The molecular formula is C20H23NO4. The van der Waals surface area contributed by atoms with Crippen molar-refractivity contribution in [1.82, 2.24) is 0 Å². The second kappa shape index (κ2) is 7.92. The number of nitrogens with one attached hydrogen (secondary N) is 1. The maximum Gasteiger partial charge on any atom is 0.224 e. The molecule has 0 aliphatic heterocycles. The van der Waals surface area contributed by atoms with Gasteiger partial charge in [-0.25, -0.2) is 0 Å². The van der Waals surface area contributed by atoms with E-state index in [1.807, 2.05) is 12.1 Å². The van der Waals surface area contributed by atoms with Crippen molar-refractivity contribution in [3.05, 3.63) is 46.6 Å². The van der Waals surface area contributed by atoms with Crippen LogP contribution < -0.4 is 10.1 Å². The van der Waals surface area contributed by atoms with Crippen molar-refractivity contribution >= 4 is 23.2 Å². The van der Waals surface area contributed by atoms with E-state index in [1.54, 1.807) is 40.0 Å². The number of rotatable bonds is 6. The third-order valence-corrected chi connectivity index (χ3v) is 4.52. The summed E-state index contributed by atoms with van der Waals surface area (Å²) < 4.78 is 5.20. The molecule has 0 radical (unpaired) electrons. The van der Waals surface area contributed by atoms with Gasteiger partial charge in [-0.1, -0.05) is 12.1 Å². The lowest BCUT2D eigenvalue weighted by atomic mass is 9.84. The van der Waals surface area contributed by atoms with E-state index in [1.165, 1.54) is 0 Å². The van der Waals surface area contributed by atoms with Gasteiger partial charge in [-0.3, -0.25) is 14.4 Å². The molecule has 1 aliphatic carbocycles. The molecule has 1 amide bonds. The average Bonchev–Trinajstić information content (AvgIpc) is 2.61. The first-order chi connectivity index (χ1) is 11.9. The van der Waals surface area contributed by atoms with Gasteiger partial charge < -0.3 is 10.1 Å². The highest BCUT2D eigenvalue weighted by Crippen LogP contribution is 2.28. The molecule has 0 fully saturated rings. The number of ether oxygens (including phenoxy) is 1. The number of hydrogen-bond donors (Lipinski definition) is 1. The van der Waals surface area contributed by atoms with Gasteiger partial charge in [-0.05, 0) is 45.7 Å². The number of anilines is 1. The second-order valence-electron chi connectivity index (χ2n) is 6.11. The van der Waals surface area contributed by atoms with Gasteiger partial charge in [0.1, 0.15) is 5.75 Å². The Labute approximate surface area is 147 Å². The fourth-order valence-corrected chi connectivity index (χ4v) is 2.84. The number of carbonyl (C=O) groups excluding carboxylic acids is 3. The topological polar surface area (TPSA) is 72.5 Å². The minimum Gasteiger partial charge on any atom is -0.495 e. The first-order valence-corrected chi connectivity index (χ1v) is 8.26. The fraction of sp³-hybridized carbons (Fsp3) is 0.350. The van der Waals surface area contributed by atoms with Crippen molar-refractivity contribution in [2.24, 2.45) is 0 Å². The molecule has 1 N–H and O–H groups in total. The van der Waals surface area contributed by atoms with Crippen molar-refractivity contribution in [2.45, 2.75) is 40.0 Å². The van der Waals surface area contributed by atoms with Crippen LogP contribution in [0.25, 0.3) is 0 Å². The molecule has 0 spiro atoms. The van der Waals surface area contributed by atoms with Crippen LogP contribution in [0.1, 0.15) is 40.0 Å². The minimum atomic E-state index is -0.152. The summed E-state index contributed by atoms with van der Waals surface area (Å²) in [4.78, 5) is 36.6. The number of methoxy groups -OCH3 is 1. The summed E-state index contributed by atoms with van der Waals surface area (Å²) in [6, 6.07) is 7.18. The van der Waals surface area contributed by atoms with Crippen molar-refractivity contribution in [2.75, 3.05) is 12.4 Å². The Kier molecular flexibility index (Phi) is 5.91. The van der Waals surface area contributed by atoms with E-state index in [2.05, 4.69) is 5.32 Å². The number of ketones is 2. The summed E-state index contributed by atoms with van der Waals surface area (Å²) in [6.45, 7) is 5.04. The number of carbonyl (C=O) groups is 3. The third-order valence-electron chi connectivity index (χ3n) is 4.52. The Bertz CT molecular complexity index is 787. The SMILES string of the molecule is COc1ccccc1NC(=O)CCCC1=C(C)C(=O)C(C)=C(C)C1=O. The third kappa shape index (κ3) is 4.05. The van der Waals surface area contributed by atoms with E-state index in [-0.39, 0.29) is 23.9 Å². The van der Waals surface area contributed by atoms with Crippen molar-refractivity contribution in [3.8, 4) is 5.75 Å². The van der Waals surface area contributed by atoms with Gasteiger partial charge in [0.25, 0.3) is 0 Å². The van der Waals surface area contributed by atoms with Crippen molar-refractivity contribution in [3.63, 3.8) is 0 Å². The van der Waals surface area contributed by atoms with Crippen LogP contribution in [0.2, 0.25) is 0 Å². The molecule has 1 aromatic rings. The molecule has 132 valence electrons. The number of benzene rings is 1. The number of hydrogen-bond acceptors (Lipinski definition) is 4. The molecule has 0 bridgehead atoms. The predicted octanol–water partition coefficient (Wildman–Crippen LogP) is 3.61. The van der Waals surface area contributed by atoms with E-state index >= 15 is 0 Å². The Morgan fingerprint density at radius 3 is 2.32 bits per heavy atom. The minimum absolute atomic E-state index is 0.0782. The molecule has 1 aromatic carbocycles. The van der Waals surface area contributed by atoms with E-state index in [0.29, 0.717) is 46.6 Å². The monoisotopic (exact) mass is 341 g/mol. The molecule has 5 heteroatoms. The molecule has 25 heavy (non-hydrogen) atoms. The van der Waals surface area contributed by atoms with Crippen LogP contribution in [0.15, 0.2) is 46.6 Å². The van der Waals surface area contributed by atoms with Crippen molar-refractivity contribution < 1.29 is 19.1 Å². The van der Waals surface area contributed by atoms with Crippen LogP contribution in [-0.4, -0.2) is 24.6 Å². The molecule has 2 rings (SSSR count). The van der Waals surface area contributed by atoms with Crippen LogP contribution in [0, 0.1) is 0 Å².